The van der Waals surface area contributed by atoms with Crippen LogP contribution < -0.4 is 10.2 Å². The van der Waals surface area contributed by atoms with Crippen LogP contribution in [0.2, 0.25) is 0 Å². The van der Waals surface area contributed by atoms with Crippen molar-refractivity contribution in [2.75, 3.05) is 29.9 Å². The van der Waals surface area contributed by atoms with E-state index in [0.717, 1.165) is 47.5 Å². The van der Waals surface area contributed by atoms with Crippen LogP contribution in [0.1, 0.15) is 42.6 Å². The van der Waals surface area contributed by atoms with Gasteiger partial charge >= 0.3 is 0 Å². The van der Waals surface area contributed by atoms with Crippen molar-refractivity contribution in [1.82, 2.24) is 5.16 Å². The van der Waals surface area contributed by atoms with E-state index in [1.54, 1.807) is 0 Å². The SMILES string of the molecule is CCNc1cc(N2CCCC(C)C2)c2noc3c2c1C(=O)c1ccccc1-3. The highest BCUT2D eigenvalue weighted by atomic mass is 16.5. The van der Waals surface area contributed by atoms with E-state index in [2.05, 4.69) is 35.3 Å². The molecule has 3 aromatic rings. The number of carbonyl (C=O) groups excluding carboxylic acids is 1. The molecule has 1 saturated heterocycles. The van der Waals surface area contributed by atoms with E-state index < -0.39 is 0 Å². The number of ketones is 1. The number of nitrogens with one attached hydrogen (secondary N) is 1. The lowest BCUT2D eigenvalue weighted by Crippen LogP contribution is -2.34. The van der Waals surface area contributed by atoms with Gasteiger partial charge in [-0.2, -0.15) is 0 Å². The average Bonchev–Trinajstić information content (AvgIpc) is 3.12. The summed E-state index contributed by atoms with van der Waals surface area (Å²) in [5.41, 5.74) is 4.96. The first-order valence-electron chi connectivity index (χ1n) is 9.78. The lowest BCUT2D eigenvalue weighted by molar-refractivity contribution is 0.104. The fraction of sp³-hybridized carbons (Fsp3) is 0.364. The lowest BCUT2D eigenvalue weighted by Gasteiger charge is -2.33. The number of hydrogen-bond donors (Lipinski definition) is 1. The number of nitrogens with zero attached hydrogens (tertiary/aromatic N) is 2. The van der Waals surface area contributed by atoms with Gasteiger partial charge in [-0.15, -0.1) is 0 Å². The van der Waals surface area contributed by atoms with Crippen molar-refractivity contribution < 1.29 is 9.32 Å². The Hall–Kier alpha value is -2.82. The summed E-state index contributed by atoms with van der Waals surface area (Å²) < 4.78 is 5.81. The minimum absolute atomic E-state index is 0.0424. The molecule has 0 spiro atoms. The molecule has 1 atom stereocenters. The Morgan fingerprint density at radius 3 is 2.89 bits per heavy atom. The average molecular weight is 361 g/mol. The molecule has 1 unspecified atom stereocenters. The minimum Gasteiger partial charge on any atom is -0.385 e. The Bertz CT molecular complexity index is 1050. The number of anilines is 2. The van der Waals surface area contributed by atoms with Crippen LogP contribution in [0.4, 0.5) is 11.4 Å². The third-order valence-electron chi connectivity index (χ3n) is 5.74. The maximum atomic E-state index is 13.3. The van der Waals surface area contributed by atoms with E-state index in [9.17, 15) is 4.79 Å². The molecule has 1 N–H and O–H groups in total. The van der Waals surface area contributed by atoms with Gasteiger partial charge in [-0.25, -0.2) is 0 Å². The lowest BCUT2D eigenvalue weighted by atomic mass is 9.86. The standard InChI is InChI=1S/C22H23N3O2/c1-3-23-16-11-17(25-10-6-7-13(2)12-25)20-19-18(16)21(26)14-8-4-5-9-15(14)22(19)27-24-20/h4-5,8-9,11,13,23H,3,6-7,10,12H2,1-2H3. The molecule has 5 rings (SSSR count). The minimum atomic E-state index is 0.0424. The molecule has 0 radical (unpaired) electrons. The predicted octanol–water partition coefficient (Wildman–Crippen LogP) is 4.71. The van der Waals surface area contributed by atoms with E-state index in [1.165, 1.54) is 12.8 Å². The van der Waals surface area contributed by atoms with Gasteiger partial charge in [0.15, 0.2) is 11.5 Å². The second-order valence-electron chi connectivity index (χ2n) is 7.65. The van der Waals surface area contributed by atoms with E-state index in [-0.39, 0.29) is 5.78 Å². The molecule has 138 valence electrons. The Labute approximate surface area is 158 Å². The topological polar surface area (TPSA) is 58.4 Å². The van der Waals surface area contributed by atoms with Crippen LogP contribution in [0.15, 0.2) is 34.9 Å². The molecule has 1 aliphatic heterocycles. The van der Waals surface area contributed by atoms with E-state index in [1.807, 2.05) is 24.3 Å². The molecule has 0 bridgehead atoms. The summed E-state index contributed by atoms with van der Waals surface area (Å²) >= 11 is 0. The molecule has 2 aliphatic rings. The first kappa shape index (κ1) is 16.4. The Morgan fingerprint density at radius 1 is 1.30 bits per heavy atom. The molecule has 0 saturated carbocycles. The van der Waals surface area contributed by atoms with Gasteiger partial charge in [0.05, 0.1) is 16.6 Å². The highest BCUT2D eigenvalue weighted by Crippen LogP contribution is 2.46. The largest absolute Gasteiger partial charge is 0.385 e. The fourth-order valence-corrected chi connectivity index (χ4v) is 4.52. The van der Waals surface area contributed by atoms with Crippen molar-refractivity contribution in [2.24, 2.45) is 5.92 Å². The third kappa shape index (κ3) is 2.37. The molecule has 27 heavy (non-hydrogen) atoms. The highest BCUT2D eigenvalue weighted by molar-refractivity contribution is 6.28. The number of carbonyl (C=O) groups is 1. The van der Waals surface area contributed by atoms with Gasteiger partial charge in [0.25, 0.3) is 0 Å². The number of aromatic nitrogens is 1. The van der Waals surface area contributed by atoms with Gasteiger partial charge in [0, 0.05) is 36.4 Å². The summed E-state index contributed by atoms with van der Waals surface area (Å²) in [7, 11) is 0. The second-order valence-corrected chi connectivity index (χ2v) is 7.65. The zero-order chi connectivity index (χ0) is 18.5. The van der Waals surface area contributed by atoms with Gasteiger partial charge in [-0.1, -0.05) is 36.3 Å². The molecule has 0 amide bonds. The van der Waals surface area contributed by atoms with Gasteiger partial charge < -0.3 is 14.7 Å². The fourth-order valence-electron chi connectivity index (χ4n) is 4.52. The number of piperidine rings is 1. The molecule has 1 aliphatic carbocycles. The predicted molar refractivity (Wildman–Crippen MR) is 108 cm³/mol. The molecule has 2 aromatic carbocycles. The van der Waals surface area contributed by atoms with Crippen LogP contribution >= 0.6 is 0 Å². The number of benzene rings is 2. The van der Waals surface area contributed by atoms with Crippen LogP contribution in [0.5, 0.6) is 0 Å². The van der Waals surface area contributed by atoms with Crippen LogP contribution in [0.3, 0.4) is 0 Å². The molecule has 2 heterocycles. The zero-order valence-corrected chi connectivity index (χ0v) is 15.7. The molecule has 1 aromatic heterocycles. The second kappa shape index (κ2) is 6.12. The quantitative estimate of drug-likeness (QED) is 0.573. The van der Waals surface area contributed by atoms with Crippen LogP contribution in [-0.2, 0) is 0 Å². The number of fused-ring (bicyclic) bond motifs is 2. The maximum absolute atomic E-state index is 13.3. The Kier molecular flexibility index (Phi) is 3.71. The van der Waals surface area contributed by atoms with Crippen molar-refractivity contribution >= 4 is 28.1 Å². The van der Waals surface area contributed by atoms with Gasteiger partial charge in [0.1, 0.15) is 5.52 Å². The van der Waals surface area contributed by atoms with Gasteiger partial charge in [0.2, 0.25) is 0 Å². The zero-order valence-electron chi connectivity index (χ0n) is 15.7. The van der Waals surface area contributed by atoms with Crippen LogP contribution in [-0.4, -0.2) is 30.6 Å². The maximum Gasteiger partial charge on any atom is 0.196 e. The summed E-state index contributed by atoms with van der Waals surface area (Å²) in [6.45, 7) is 7.11. The first-order chi connectivity index (χ1) is 13.2. The van der Waals surface area contributed by atoms with Gasteiger partial charge in [-0.05, 0) is 31.7 Å². The van der Waals surface area contributed by atoms with Crippen molar-refractivity contribution in [2.45, 2.75) is 26.7 Å². The van der Waals surface area contributed by atoms with Crippen molar-refractivity contribution in [3.63, 3.8) is 0 Å². The van der Waals surface area contributed by atoms with Gasteiger partial charge in [-0.3, -0.25) is 4.79 Å². The van der Waals surface area contributed by atoms with Crippen molar-refractivity contribution in [1.29, 1.82) is 0 Å². The van der Waals surface area contributed by atoms with E-state index >= 15 is 0 Å². The Morgan fingerprint density at radius 2 is 2.11 bits per heavy atom. The molecule has 1 fully saturated rings. The molecule has 5 heteroatoms. The normalized spacial score (nSPS) is 18.7. The number of rotatable bonds is 3. The Balaban J connectivity index is 1.80. The summed E-state index contributed by atoms with van der Waals surface area (Å²) in [5.74, 6) is 1.40. The van der Waals surface area contributed by atoms with Crippen LogP contribution in [0.25, 0.3) is 22.2 Å². The molecule has 5 nitrogen and oxygen atoms in total. The van der Waals surface area contributed by atoms with Crippen LogP contribution in [0, 0.1) is 5.92 Å². The monoisotopic (exact) mass is 361 g/mol. The molecular weight excluding hydrogens is 338 g/mol. The van der Waals surface area contributed by atoms with E-state index in [4.69, 9.17) is 4.52 Å². The van der Waals surface area contributed by atoms with Crippen molar-refractivity contribution in [3.8, 4) is 11.3 Å². The summed E-state index contributed by atoms with van der Waals surface area (Å²) in [4.78, 5) is 15.7. The highest BCUT2D eigenvalue weighted by Gasteiger charge is 2.33. The summed E-state index contributed by atoms with van der Waals surface area (Å²) in [6, 6.07) is 9.74. The van der Waals surface area contributed by atoms with E-state index in [0.29, 0.717) is 22.8 Å². The molecular formula is C22H23N3O2. The smallest absolute Gasteiger partial charge is 0.196 e. The summed E-state index contributed by atoms with van der Waals surface area (Å²) in [5, 5.41) is 8.69. The third-order valence-corrected chi connectivity index (χ3v) is 5.74. The van der Waals surface area contributed by atoms with Crippen molar-refractivity contribution in [3.05, 3.63) is 41.5 Å². The number of hydrogen-bond acceptors (Lipinski definition) is 5. The summed E-state index contributed by atoms with van der Waals surface area (Å²) in [6.07, 6.45) is 2.43. The first-order valence-corrected chi connectivity index (χ1v) is 9.78.